The summed E-state index contributed by atoms with van der Waals surface area (Å²) in [7, 11) is 3.22. The molecule has 1 aromatic rings. The van der Waals surface area contributed by atoms with Crippen LogP contribution in [0, 0.1) is 0 Å². The molecule has 0 heterocycles. The lowest BCUT2D eigenvalue weighted by Crippen LogP contribution is -2.04. The maximum atomic E-state index is 11.2. The zero-order valence-electron chi connectivity index (χ0n) is 9.49. The minimum Gasteiger partial charge on any atom is -0.465 e. The van der Waals surface area contributed by atoms with Crippen molar-refractivity contribution < 1.29 is 9.53 Å². The highest BCUT2D eigenvalue weighted by Crippen LogP contribution is 2.16. The van der Waals surface area contributed by atoms with Crippen molar-refractivity contribution in [1.29, 1.82) is 0 Å². The second-order valence-corrected chi connectivity index (χ2v) is 3.30. The number of hydrogen-bond acceptors (Lipinski definition) is 4. The van der Waals surface area contributed by atoms with Crippen molar-refractivity contribution in [3.63, 3.8) is 0 Å². The second kappa shape index (κ2) is 5.92. The minimum atomic E-state index is -0.377. The molecule has 86 valence electrons. The van der Waals surface area contributed by atoms with E-state index in [0.717, 1.165) is 12.1 Å². The van der Waals surface area contributed by atoms with Crippen LogP contribution in [-0.4, -0.2) is 26.7 Å². The molecular weight excluding hydrogens is 204 g/mol. The fourth-order valence-corrected chi connectivity index (χ4v) is 1.28. The monoisotopic (exact) mass is 220 g/mol. The summed E-state index contributed by atoms with van der Waals surface area (Å²) in [6.45, 7) is 0.776. The Kier molecular flexibility index (Phi) is 4.54. The molecule has 0 saturated carbocycles. The van der Waals surface area contributed by atoms with Gasteiger partial charge in [0, 0.05) is 12.2 Å². The molecular formula is C12H16N2O2. The Morgan fingerprint density at radius 3 is 2.88 bits per heavy atom. The van der Waals surface area contributed by atoms with E-state index >= 15 is 0 Å². The molecule has 3 N–H and O–H groups in total. The summed E-state index contributed by atoms with van der Waals surface area (Å²) in [6, 6.07) is 5.11. The van der Waals surface area contributed by atoms with E-state index < -0.39 is 0 Å². The van der Waals surface area contributed by atoms with Crippen molar-refractivity contribution in [2.45, 2.75) is 0 Å². The van der Waals surface area contributed by atoms with Gasteiger partial charge in [-0.25, -0.2) is 4.79 Å². The Bertz CT molecular complexity index is 400. The number of likely N-dealkylation sites (N-methyl/N-ethyl adjacent to an activating group) is 1. The number of nitrogen functional groups attached to an aromatic ring is 1. The number of carbonyl (C=O) groups excluding carboxylic acids is 1. The van der Waals surface area contributed by atoms with Gasteiger partial charge in [-0.2, -0.15) is 0 Å². The van der Waals surface area contributed by atoms with Crippen LogP contribution >= 0.6 is 0 Å². The largest absolute Gasteiger partial charge is 0.465 e. The maximum Gasteiger partial charge on any atom is 0.337 e. The average molecular weight is 220 g/mol. The highest BCUT2D eigenvalue weighted by Gasteiger charge is 2.06. The maximum absolute atomic E-state index is 11.2. The molecule has 0 unspecified atom stereocenters. The predicted molar refractivity (Wildman–Crippen MR) is 65.2 cm³/mol. The zero-order valence-corrected chi connectivity index (χ0v) is 9.49. The van der Waals surface area contributed by atoms with Gasteiger partial charge in [0.25, 0.3) is 0 Å². The number of esters is 1. The number of methoxy groups -OCH3 is 1. The van der Waals surface area contributed by atoms with Gasteiger partial charge in [0.05, 0.1) is 12.7 Å². The van der Waals surface area contributed by atoms with Gasteiger partial charge in [0.1, 0.15) is 0 Å². The molecule has 0 aliphatic rings. The number of nitrogens with one attached hydrogen (secondary N) is 1. The quantitative estimate of drug-likeness (QED) is 0.592. The van der Waals surface area contributed by atoms with Crippen LogP contribution in [0.15, 0.2) is 24.3 Å². The standard InChI is InChI=1S/C12H16N2O2/c1-14-7-3-4-9-5-6-10(8-11(9)13)12(15)16-2/h3-6,8,14H,7,13H2,1-2H3. The van der Waals surface area contributed by atoms with Gasteiger partial charge < -0.3 is 15.8 Å². The molecule has 0 aliphatic carbocycles. The summed E-state index contributed by atoms with van der Waals surface area (Å²) in [4.78, 5) is 11.2. The molecule has 0 spiro atoms. The molecule has 4 heteroatoms. The van der Waals surface area contributed by atoms with E-state index in [4.69, 9.17) is 5.73 Å². The van der Waals surface area contributed by atoms with E-state index in [2.05, 4.69) is 10.1 Å². The molecule has 0 saturated heterocycles. The fourth-order valence-electron chi connectivity index (χ4n) is 1.28. The minimum absolute atomic E-state index is 0.377. The third-order valence-electron chi connectivity index (χ3n) is 2.13. The summed E-state index contributed by atoms with van der Waals surface area (Å²) < 4.78 is 4.61. The fraction of sp³-hybridized carbons (Fsp3) is 0.250. The summed E-state index contributed by atoms with van der Waals surface area (Å²) in [5, 5.41) is 2.99. The number of rotatable bonds is 4. The summed E-state index contributed by atoms with van der Waals surface area (Å²) in [5.41, 5.74) is 7.74. The van der Waals surface area contributed by atoms with E-state index in [1.54, 1.807) is 18.2 Å². The number of anilines is 1. The van der Waals surface area contributed by atoms with Crippen LogP contribution in [0.5, 0.6) is 0 Å². The molecule has 0 aliphatic heterocycles. The van der Waals surface area contributed by atoms with Gasteiger partial charge in [-0.05, 0) is 24.7 Å². The first-order chi connectivity index (χ1) is 7.69. The Balaban J connectivity index is 2.87. The van der Waals surface area contributed by atoms with Crippen molar-refractivity contribution in [1.82, 2.24) is 5.32 Å². The summed E-state index contributed by atoms with van der Waals surface area (Å²) >= 11 is 0. The van der Waals surface area contributed by atoms with Crippen LogP contribution in [0.4, 0.5) is 5.69 Å². The molecule has 16 heavy (non-hydrogen) atoms. The molecule has 1 aromatic carbocycles. The number of nitrogens with two attached hydrogens (primary N) is 1. The van der Waals surface area contributed by atoms with Crippen molar-refractivity contribution >= 4 is 17.7 Å². The molecule has 1 rings (SSSR count). The van der Waals surface area contributed by atoms with Crippen LogP contribution in [-0.2, 0) is 4.74 Å². The molecule has 0 fully saturated rings. The Labute approximate surface area is 95.1 Å². The van der Waals surface area contributed by atoms with Crippen molar-refractivity contribution in [3.8, 4) is 0 Å². The summed E-state index contributed by atoms with van der Waals surface area (Å²) in [6.07, 6.45) is 3.87. The molecule has 4 nitrogen and oxygen atoms in total. The average Bonchev–Trinajstić information content (AvgIpc) is 2.30. The van der Waals surface area contributed by atoms with Gasteiger partial charge in [-0.1, -0.05) is 18.2 Å². The number of carbonyl (C=O) groups is 1. The van der Waals surface area contributed by atoms with Crippen LogP contribution in [0.25, 0.3) is 6.08 Å². The lowest BCUT2D eigenvalue weighted by molar-refractivity contribution is 0.0601. The molecule has 0 aromatic heterocycles. The molecule has 0 radical (unpaired) electrons. The van der Waals surface area contributed by atoms with E-state index in [1.165, 1.54) is 7.11 Å². The normalized spacial score (nSPS) is 10.6. The number of hydrogen-bond donors (Lipinski definition) is 2. The van der Waals surface area contributed by atoms with E-state index in [1.807, 2.05) is 19.2 Å². The summed E-state index contributed by atoms with van der Waals surface area (Å²) in [5.74, 6) is -0.377. The highest BCUT2D eigenvalue weighted by atomic mass is 16.5. The third kappa shape index (κ3) is 3.10. The van der Waals surface area contributed by atoms with Gasteiger partial charge in [0.2, 0.25) is 0 Å². The van der Waals surface area contributed by atoms with E-state index in [9.17, 15) is 4.79 Å². The Hall–Kier alpha value is -1.81. The first kappa shape index (κ1) is 12.3. The van der Waals surface area contributed by atoms with E-state index in [0.29, 0.717) is 11.3 Å². The van der Waals surface area contributed by atoms with Gasteiger partial charge in [-0.3, -0.25) is 0 Å². The van der Waals surface area contributed by atoms with Crippen LogP contribution in [0.2, 0.25) is 0 Å². The topological polar surface area (TPSA) is 64.3 Å². The van der Waals surface area contributed by atoms with Crippen LogP contribution < -0.4 is 11.1 Å². The highest BCUT2D eigenvalue weighted by molar-refractivity contribution is 5.91. The molecule has 0 atom stereocenters. The van der Waals surface area contributed by atoms with Crippen LogP contribution in [0.3, 0.4) is 0 Å². The Morgan fingerprint density at radius 1 is 1.56 bits per heavy atom. The van der Waals surface area contributed by atoms with Crippen LogP contribution in [0.1, 0.15) is 15.9 Å². The number of ether oxygens (including phenoxy) is 1. The zero-order chi connectivity index (χ0) is 12.0. The van der Waals surface area contributed by atoms with Crippen molar-refractivity contribution in [2.75, 3.05) is 26.4 Å². The second-order valence-electron chi connectivity index (χ2n) is 3.30. The SMILES string of the molecule is CNCC=Cc1ccc(C(=O)OC)cc1N. The first-order valence-electron chi connectivity index (χ1n) is 4.98. The first-order valence-corrected chi connectivity index (χ1v) is 4.98. The molecule has 0 bridgehead atoms. The van der Waals surface area contributed by atoms with Gasteiger partial charge >= 0.3 is 5.97 Å². The van der Waals surface area contributed by atoms with Gasteiger partial charge in [0.15, 0.2) is 0 Å². The predicted octanol–water partition coefficient (Wildman–Crippen LogP) is 1.29. The smallest absolute Gasteiger partial charge is 0.337 e. The Morgan fingerprint density at radius 2 is 2.31 bits per heavy atom. The van der Waals surface area contributed by atoms with E-state index in [-0.39, 0.29) is 5.97 Å². The van der Waals surface area contributed by atoms with Gasteiger partial charge in [-0.15, -0.1) is 0 Å². The van der Waals surface area contributed by atoms with Crippen molar-refractivity contribution in [3.05, 3.63) is 35.4 Å². The molecule has 0 amide bonds. The van der Waals surface area contributed by atoms with Crippen molar-refractivity contribution in [2.24, 2.45) is 0 Å². The lowest BCUT2D eigenvalue weighted by atomic mass is 10.1. The lowest BCUT2D eigenvalue weighted by Gasteiger charge is -2.03. The third-order valence-corrected chi connectivity index (χ3v) is 2.13. The number of benzene rings is 1.